The van der Waals surface area contributed by atoms with E-state index in [1.807, 2.05) is 25.1 Å². The van der Waals surface area contributed by atoms with E-state index in [2.05, 4.69) is 10.0 Å². The number of aliphatic hydroxyl groups excluding tert-OH is 1. The summed E-state index contributed by atoms with van der Waals surface area (Å²) in [5.41, 5.74) is 1.70. The van der Waals surface area contributed by atoms with Crippen LogP contribution in [-0.4, -0.2) is 38.7 Å². The van der Waals surface area contributed by atoms with Gasteiger partial charge in [0.2, 0.25) is 0 Å². The van der Waals surface area contributed by atoms with Gasteiger partial charge in [0, 0.05) is 17.8 Å². The van der Waals surface area contributed by atoms with Crippen LogP contribution in [0.5, 0.6) is 5.75 Å². The van der Waals surface area contributed by atoms with Gasteiger partial charge in [-0.15, -0.1) is 0 Å². The van der Waals surface area contributed by atoms with E-state index in [9.17, 15) is 22.7 Å². The van der Waals surface area contributed by atoms with Crippen molar-refractivity contribution in [1.29, 1.82) is 0 Å². The number of nitrogens with one attached hydrogen (secondary N) is 2. The zero-order chi connectivity index (χ0) is 24.0. The highest BCUT2D eigenvalue weighted by atomic mass is 32.2. The van der Waals surface area contributed by atoms with Crippen LogP contribution in [-0.2, 0) is 10.0 Å². The van der Waals surface area contributed by atoms with Gasteiger partial charge in [-0.2, -0.15) is 0 Å². The van der Waals surface area contributed by atoms with Crippen LogP contribution in [0, 0.1) is 19.7 Å². The van der Waals surface area contributed by atoms with Crippen molar-refractivity contribution in [2.75, 3.05) is 17.9 Å². The molecule has 33 heavy (non-hydrogen) atoms. The van der Waals surface area contributed by atoms with Gasteiger partial charge in [-0.1, -0.05) is 24.3 Å². The second kappa shape index (κ2) is 10.5. The van der Waals surface area contributed by atoms with Gasteiger partial charge in [-0.25, -0.2) is 12.8 Å². The summed E-state index contributed by atoms with van der Waals surface area (Å²) in [6, 6.07) is 16.9. The Hall–Kier alpha value is -3.43. The summed E-state index contributed by atoms with van der Waals surface area (Å²) in [5, 5.41) is 12.7. The lowest BCUT2D eigenvalue weighted by molar-refractivity contribution is 0.0843. The van der Waals surface area contributed by atoms with Crippen molar-refractivity contribution in [2.24, 2.45) is 0 Å². The Labute approximate surface area is 192 Å². The molecule has 0 radical (unpaired) electrons. The molecule has 0 aliphatic heterocycles. The molecule has 3 rings (SSSR count). The first kappa shape index (κ1) is 24.2. The van der Waals surface area contributed by atoms with Gasteiger partial charge >= 0.3 is 0 Å². The van der Waals surface area contributed by atoms with Crippen LogP contribution in [0.2, 0.25) is 0 Å². The molecular weight excluding hydrogens is 447 g/mol. The smallest absolute Gasteiger partial charge is 0.261 e. The lowest BCUT2D eigenvalue weighted by Crippen LogP contribution is -2.35. The quantitative estimate of drug-likeness (QED) is 0.443. The van der Waals surface area contributed by atoms with Crippen LogP contribution in [0.1, 0.15) is 21.5 Å². The Morgan fingerprint density at radius 2 is 1.82 bits per heavy atom. The number of amides is 1. The highest BCUT2D eigenvalue weighted by Gasteiger charge is 2.17. The molecule has 3 N–H and O–H groups in total. The summed E-state index contributed by atoms with van der Waals surface area (Å²) in [6.45, 7) is 3.41. The molecule has 0 aliphatic carbocycles. The van der Waals surface area contributed by atoms with Gasteiger partial charge in [-0.3, -0.25) is 9.52 Å². The van der Waals surface area contributed by atoms with Gasteiger partial charge in [0.1, 0.15) is 24.3 Å². The summed E-state index contributed by atoms with van der Waals surface area (Å²) < 4.78 is 46.7. The standard InChI is InChI=1S/C24H25FN2O5S/c1-16-5-3-8-21(11-16)32-15-20(28)14-26-24(29)18-6-4-7-19(12-18)27-33(30,31)22-10-9-17(2)23(25)13-22/h3-13,20,27-28H,14-15H2,1-2H3,(H,26,29). The van der Waals surface area contributed by atoms with Crippen molar-refractivity contribution in [3.63, 3.8) is 0 Å². The van der Waals surface area contributed by atoms with Crippen molar-refractivity contribution in [3.05, 3.63) is 89.2 Å². The van der Waals surface area contributed by atoms with E-state index in [0.717, 1.165) is 11.6 Å². The third-order valence-electron chi connectivity index (χ3n) is 4.76. The van der Waals surface area contributed by atoms with Crippen molar-refractivity contribution < 1.29 is 27.4 Å². The lowest BCUT2D eigenvalue weighted by atomic mass is 10.2. The van der Waals surface area contributed by atoms with Crippen LogP contribution in [0.3, 0.4) is 0 Å². The summed E-state index contributed by atoms with van der Waals surface area (Å²) >= 11 is 0. The molecule has 1 unspecified atom stereocenters. The Balaban J connectivity index is 1.58. The monoisotopic (exact) mass is 472 g/mol. The summed E-state index contributed by atoms with van der Waals surface area (Å²) in [7, 11) is -4.04. The number of ether oxygens (including phenoxy) is 1. The average molecular weight is 473 g/mol. The Morgan fingerprint density at radius 1 is 1.06 bits per heavy atom. The maximum atomic E-state index is 13.8. The summed E-state index contributed by atoms with van der Waals surface area (Å²) in [5.74, 6) is -0.503. The second-order valence-corrected chi connectivity index (χ2v) is 9.27. The number of halogens is 1. The first-order chi connectivity index (χ1) is 15.6. The SMILES string of the molecule is Cc1cccc(OCC(O)CNC(=O)c2cccc(NS(=O)(=O)c3ccc(C)c(F)c3)c2)c1. The molecule has 174 valence electrons. The fourth-order valence-corrected chi connectivity index (χ4v) is 4.01. The van der Waals surface area contributed by atoms with Crippen LogP contribution in [0.25, 0.3) is 0 Å². The number of benzene rings is 3. The van der Waals surface area contributed by atoms with Crippen molar-refractivity contribution in [1.82, 2.24) is 5.32 Å². The van der Waals surface area contributed by atoms with Crippen LogP contribution < -0.4 is 14.8 Å². The third kappa shape index (κ3) is 6.77. The van der Waals surface area contributed by atoms with Gasteiger partial charge in [0.05, 0.1) is 4.90 Å². The number of carbonyl (C=O) groups excluding carboxylic acids is 1. The molecule has 0 bridgehead atoms. The Bertz CT molecular complexity index is 1250. The number of aliphatic hydroxyl groups is 1. The maximum absolute atomic E-state index is 13.8. The number of hydrogen-bond acceptors (Lipinski definition) is 5. The van der Waals surface area contributed by atoms with E-state index in [1.54, 1.807) is 6.07 Å². The highest BCUT2D eigenvalue weighted by Crippen LogP contribution is 2.19. The molecule has 0 aromatic heterocycles. The van der Waals surface area contributed by atoms with Crippen LogP contribution >= 0.6 is 0 Å². The number of hydrogen-bond donors (Lipinski definition) is 3. The predicted octanol–water partition coefficient (Wildman–Crippen LogP) is 3.41. The van der Waals surface area contributed by atoms with Crippen molar-refractivity contribution in [3.8, 4) is 5.75 Å². The first-order valence-electron chi connectivity index (χ1n) is 10.2. The minimum Gasteiger partial charge on any atom is -0.491 e. The molecule has 1 amide bonds. The minimum atomic E-state index is -4.04. The molecule has 7 nitrogen and oxygen atoms in total. The number of sulfonamides is 1. The average Bonchev–Trinajstić information content (AvgIpc) is 2.77. The Morgan fingerprint density at radius 3 is 2.55 bits per heavy atom. The van der Waals surface area contributed by atoms with Gasteiger partial charge in [0.25, 0.3) is 15.9 Å². The zero-order valence-electron chi connectivity index (χ0n) is 18.2. The number of rotatable bonds is 9. The molecule has 3 aromatic carbocycles. The second-order valence-electron chi connectivity index (χ2n) is 7.59. The van der Waals surface area contributed by atoms with E-state index in [1.165, 1.54) is 43.3 Å². The predicted molar refractivity (Wildman–Crippen MR) is 123 cm³/mol. The molecule has 0 saturated carbocycles. The molecule has 0 heterocycles. The molecular formula is C24H25FN2O5S. The summed E-state index contributed by atoms with van der Waals surface area (Å²) in [4.78, 5) is 12.2. The lowest BCUT2D eigenvalue weighted by Gasteiger charge is -2.14. The van der Waals surface area contributed by atoms with E-state index in [4.69, 9.17) is 4.74 Å². The third-order valence-corrected chi connectivity index (χ3v) is 6.14. The number of aryl methyl sites for hydroxylation is 2. The molecule has 0 saturated heterocycles. The molecule has 1 atom stereocenters. The van der Waals surface area contributed by atoms with Gasteiger partial charge < -0.3 is 15.2 Å². The van der Waals surface area contributed by atoms with Gasteiger partial charge in [-0.05, 0) is 67.4 Å². The highest BCUT2D eigenvalue weighted by molar-refractivity contribution is 7.92. The molecule has 0 fully saturated rings. The van der Waals surface area contributed by atoms with E-state index < -0.39 is 27.9 Å². The normalized spacial score (nSPS) is 12.1. The van der Waals surface area contributed by atoms with Crippen molar-refractivity contribution in [2.45, 2.75) is 24.8 Å². The van der Waals surface area contributed by atoms with E-state index in [0.29, 0.717) is 11.3 Å². The topological polar surface area (TPSA) is 105 Å². The van der Waals surface area contributed by atoms with E-state index in [-0.39, 0.29) is 29.3 Å². The molecule has 0 aliphatic rings. The fourth-order valence-electron chi connectivity index (χ4n) is 2.95. The molecule has 9 heteroatoms. The zero-order valence-corrected chi connectivity index (χ0v) is 19.0. The number of carbonyl (C=O) groups is 1. The fraction of sp³-hybridized carbons (Fsp3) is 0.208. The largest absolute Gasteiger partial charge is 0.491 e. The number of anilines is 1. The summed E-state index contributed by atoms with van der Waals surface area (Å²) in [6.07, 6.45) is -0.937. The maximum Gasteiger partial charge on any atom is 0.261 e. The van der Waals surface area contributed by atoms with Gasteiger partial charge in [0.15, 0.2) is 0 Å². The Kier molecular flexibility index (Phi) is 7.67. The minimum absolute atomic E-state index is 0.00329. The van der Waals surface area contributed by atoms with Crippen LogP contribution in [0.15, 0.2) is 71.6 Å². The van der Waals surface area contributed by atoms with E-state index >= 15 is 0 Å². The van der Waals surface area contributed by atoms with Crippen LogP contribution in [0.4, 0.5) is 10.1 Å². The first-order valence-corrected chi connectivity index (χ1v) is 11.7. The molecule has 0 spiro atoms. The molecule has 3 aromatic rings. The van der Waals surface area contributed by atoms with Crippen molar-refractivity contribution >= 4 is 21.6 Å².